The Morgan fingerprint density at radius 2 is 1.91 bits per heavy atom. The van der Waals surface area contributed by atoms with Crippen LogP contribution in [0.15, 0.2) is 48.5 Å². The van der Waals surface area contributed by atoms with Gasteiger partial charge in [0.25, 0.3) is 5.91 Å². The molecule has 1 amide bonds. The molecule has 7 nitrogen and oxygen atoms in total. The Morgan fingerprint density at radius 3 is 2.67 bits per heavy atom. The molecule has 0 spiro atoms. The maximum atomic E-state index is 13.1. The maximum Gasteiger partial charge on any atom is 0.255 e. The van der Waals surface area contributed by atoms with Gasteiger partial charge >= 0.3 is 0 Å². The summed E-state index contributed by atoms with van der Waals surface area (Å²) in [7, 11) is 1.97. The lowest BCUT2D eigenvalue weighted by molar-refractivity contribution is 0.0323. The molecule has 3 aromatic rings. The summed E-state index contributed by atoms with van der Waals surface area (Å²) in [6.07, 6.45) is 0. The van der Waals surface area contributed by atoms with E-state index in [0.29, 0.717) is 12.2 Å². The van der Waals surface area contributed by atoms with Crippen LogP contribution < -0.4 is 15.0 Å². The van der Waals surface area contributed by atoms with E-state index in [4.69, 9.17) is 9.47 Å². The Hall–Kier alpha value is -3.16. The second kappa shape index (κ2) is 10.6. The lowest BCUT2D eigenvalue weighted by Gasteiger charge is -2.26. The molecule has 0 radical (unpaired) electrons. The van der Waals surface area contributed by atoms with Crippen molar-refractivity contribution in [2.45, 2.75) is 13.8 Å². The van der Waals surface area contributed by atoms with Crippen molar-refractivity contribution in [3.8, 4) is 5.75 Å². The molecule has 0 atom stereocenters. The summed E-state index contributed by atoms with van der Waals surface area (Å²) in [6.45, 7) is 9.71. The van der Waals surface area contributed by atoms with E-state index in [1.807, 2.05) is 67.4 Å². The largest absolute Gasteiger partial charge is 0.492 e. The van der Waals surface area contributed by atoms with Crippen molar-refractivity contribution in [1.82, 2.24) is 9.88 Å². The van der Waals surface area contributed by atoms with Crippen molar-refractivity contribution >= 4 is 28.2 Å². The molecule has 2 heterocycles. The topological polar surface area (TPSA) is 66.9 Å². The number of carbonyl (C=O) groups excluding carboxylic acids is 1. The van der Waals surface area contributed by atoms with Gasteiger partial charge in [0.15, 0.2) is 0 Å². The number of aromatic nitrogens is 1. The summed E-state index contributed by atoms with van der Waals surface area (Å²) in [4.78, 5) is 22.0. The van der Waals surface area contributed by atoms with Crippen LogP contribution in [0, 0.1) is 6.92 Å². The number of hydrogen-bond acceptors (Lipinski definition) is 6. The number of ether oxygens (including phenoxy) is 2. The number of hydrogen-bond donors (Lipinski definition) is 1. The first-order valence-electron chi connectivity index (χ1n) is 11.5. The molecule has 1 N–H and O–H groups in total. The molecule has 0 saturated carbocycles. The zero-order valence-corrected chi connectivity index (χ0v) is 19.6. The van der Waals surface area contributed by atoms with E-state index in [1.165, 1.54) is 0 Å². The van der Waals surface area contributed by atoms with Gasteiger partial charge in [-0.3, -0.25) is 9.69 Å². The Bertz CT molecular complexity index is 1110. The first kappa shape index (κ1) is 23.0. The van der Waals surface area contributed by atoms with E-state index < -0.39 is 0 Å². The van der Waals surface area contributed by atoms with Crippen molar-refractivity contribution < 1.29 is 14.3 Å². The number of nitrogens with zero attached hydrogens (tertiary/aromatic N) is 3. The average Bonchev–Trinajstić information content (AvgIpc) is 2.85. The number of fused-ring (bicyclic) bond motifs is 1. The molecule has 1 saturated heterocycles. The molecule has 1 aliphatic heterocycles. The highest BCUT2D eigenvalue weighted by atomic mass is 16.5. The molecule has 0 unspecified atom stereocenters. The first-order valence-corrected chi connectivity index (χ1v) is 11.5. The Labute approximate surface area is 195 Å². The van der Waals surface area contributed by atoms with E-state index in [1.54, 1.807) is 0 Å². The highest BCUT2D eigenvalue weighted by molar-refractivity contribution is 6.10. The van der Waals surface area contributed by atoms with Gasteiger partial charge < -0.3 is 19.7 Å². The Balaban J connectivity index is 1.51. The van der Waals surface area contributed by atoms with Crippen LogP contribution in [0.25, 0.3) is 10.8 Å². The van der Waals surface area contributed by atoms with Crippen molar-refractivity contribution in [2.75, 3.05) is 63.3 Å². The van der Waals surface area contributed by atoms with E-state index >= 15 is 0 Å². The number of carbonyl (C=O) groups is 1. The smallest absolute Gasteiger partial charge is 0.255 e. The highest BCUT2D eigenvalue weighted by Gasteiger charge is 2.15. The summed E-state index contributed by atoms with van der Waals surface area (Å²) in [5, 5.41) is 5.02. The molecule has 7 heteroatoms. The van der Waals surface area contributed by atoms with Crippen molar-refractivity contribution in [1.29, 1.82) is 0 Å². The fourth-order valence-electron chi connectivity index (χ4n) is 3.95. The van der Waals surface area contributed by atoms with Gasteiger partial charge in [0, 0.05) is 60.9 Å². The van der Waals surface area contributed by atoms with Crippen LogP contribution in [-0.2, 0) is 4.74 Å². The minimum Gasteiger partial charge on any atom is -0.492 e. The number of nitrogens with one attached hydrogen (secondary N) is 1. The molecule has 4 rings (SSSR count). The van der Waals surface area contributed by atoms with E-state index in [0.717, 1.165) is 73.1 Å². The van der Waals surface area contributed by atoms with Gasteiger partial charge in [-0.05, 0) is 38.1 Å². The fraction of sp³-hybridized carbons (Fsp3) is 0.385. The summed E-state index contributed by atoms with van der Waals surface area (Å²) in [5.41, 5.74) is 2.16. The minimum atomic E-state index is -0.155. The molecule has 0 bridgehead atoms. The van der Waals surface area contributed by atoms with Crippen LogP contribution >= 0.6 is 0 Å². The molecule has 1 aliphatic rings. The van der Waals surface area contributed by atoms with Gasteiger partial charge in [0.1, 0.15) is 18.2 Å². The highest BCUT2D eigenvalue weighted by Crippen LogP contribution is 2.32. The summed E-state index contributed by atoms with van der Waals surface area (Å²) >= 11 is 0. The van der Waals surface area contributed by atoms with Gasteiger partial charge in [0.05, 0.1) is 13.2 Å². The molecule has 174 valence electrons. The fourth-order valence-corrected chi connectivity index (χ4v) is 3.95. The van der Waals surface area contributed by atoms with Crippen LogP contribution in [0.4, 0.5) is 11.5 Å². The number of amides is 1. The summed E-state index contributed by atoms with van der Waals surface area (Å²) < 4.78 is 11.5. The normalized spacial score (nSPS) is 14.3. The van der Waals surface area contributed by atoms with Crippen LogP contribution in [0.2, 0.25) is 0 Å². The molecule has 1 aromatic heterocycles. The van der Waals surface area contributed by atoms with Gasteiger partial charge in [0.2, 0.25) is 0 Å². The van der Waals surface area contributed by atoms with Gasteiger partial charge in [-0.15, -0.1) is 0 Å². The number of anilines is 2. The average molecular weight is 449 g/mol. The molecular formula is C26H32N4O3. The zero-order chi connectivity index (χ0) is 23.2. The third kappa shape index (κ3) is 5.61. The van der Waals surface area contributed by atoms with E-state index in [-0.39, 0.29) is 5.91 Å². The summed E-state index contributed by atoms with van der Waals surface area (Å²) in [6, 6.07) is 15.5. The molecule has 0 aliphatic carbocycles. The van der Waals surface area contributed by atoms with Crippen LogP contribution in [0.3, 0.4) is 0 Å². The number of rotatable bonds is 8. The number of benzene rings is 2. The van der Waals surface area contributed by atoms with Crippen molar-refractivity contribution in [3.05, 3.63) is 59.8 Å². The first-order chi connectivity index (χ1) is 16.0. The SMILES string of the molecule is CCN(C)c1cc(C(=O)Nc2ccc(OCCN3CCOCC3)c3ccccc23)cc(C)n1. The third-order valence-corrected chi connectivity index (χ3v) is 5.97. The number of morpholine rings is 1. The second-order valence-corrected chi connectivity index (χ2v) is 8.28. The molecular weight excluding hydrogens is 416 g/mol. The quantitative estimate of drug-likeness (QED) is 0.563. The molecule has 1 fully saturated rings. The van der Waals surface area contributed by atoms with E-state index in [2.05, 4.69) is 22.1 Å². The maximum absolute atomic E-state index is 13.1. The molecule has 33 heavy (non-hydrogen) atoms. The summed E-state index contributed by atoms with van der Waals surface area (Å²) in [5.74, 6) is 1.46. The van der Waals surface area contributed by atoms with Gasteiger partial charge in [-0.25, -0.2) is 4.98 Å². The van der Waals surface area contributed by atoms with Crippen LogP contribution in [0.1, 0.15) is 23.0 Å². The molecule has 2 aromatic carbocycles. The predicted octanol–water partition coefficient (Wildman–Crippen LogP) is 3.96. The minimum absolute atomic E-state index is 0.155. The Morgan fingerprint density at radius 1 is 1.15 bits per heavy atom. The number of aryl methyl sites for hydroxylation is 1. The standard InChI is InChI=1S/C26H32N4O3/c1-4-29(3)25-18-20(17-19(2)27-25)26(31)28-23-9-10-24(22-8-6-5-7-21(22)23)33-16-13-30-11-14-32-15-12-30/h5-10,17-18H,4,11-16H2,1-3H3,(H,28,31). The predicted molar refractivity (Wildman–Crippen MR) is 133 cm³/mol. The third-order valence-electron chi connectivity index (χ3n) is 5.97. The van der Waals surface area contributed by atoms with Gasteiger partial charge in [-0.1, -0.05) is 24.3 Å². The second-order valence-electron chi connectivity index (χ2n) is 8.28. The lowest BCUT2D eigenvalue weighted by atomic mass is 10.1. The zero-order valence-electron chi connectivity index (χ0n) is 19.6. The van der Waals surface area contributed by atoms with Crippen LogP contribution in [0.5, 0.6) is 5.75 Å². The monoisotopic (exact) mass is 448 g/mol. The van der Waals surface area contributed by atoms with Crippen LogP contribution in [-0.4, -0.2) is 68.8 Å². The lowest BCUT2D eigenvalue weighted by Crippen LogP contribution is -2.38. The number of pyridine rings is 1. The van der Waals surface area contributed by atoms with E-state index in [9.17, 15) is 4.79 Å². The van der Waals surface area contributed by atoms with Crippen molar-refractivity contribution in [2.24, 2.45) is 0 Å². The van der Waals surface area contributed by atoms with Gasteiger partial charge in [-0.2, -0.15) is 0 Å². The Kier molecular flexibility index (Phi) is 7.42. The van der Waals surface area contributed by atoms with Crippen molar-refractivity contribution in [3.63, 3.8) is 0 Å².